The molecule has 2 saturated heterocycles. The molecular weight excluding hydrogens is 484 g/mol. The summed E-state index contributed by atoms with van der Waals surface area (Å²) in [7, 11) is 0. The second-order valence-corrected chi connectivity index (χ2v) is 9.82. The van der Waals surface area contributed by atoms with Crippen LogP contribution < -0.4 is 0 Å². The van der Waals surface area contributed by atoms with Crippen molar-refractivity contribution in [3.63, 3.8) is 0 Å². The zero-order valence-electron chi connectivity index (χ0n) is 21.4. The first kappa shape index (κ1) is 26.8. The lowest BCUT2D eigenvalue weighted by Crippen LogP contribution is -2.41. The molecular formula is C27H32O10. The van der Waals surface area contributed by atoms with E-state index in [0.717, 1.165) is 5.57 Å². The number of ether oxygens (including phenoxy) is 5. The van der Waals surface area contributed by atoms with Crippen LogP contribution in [0.15, 0.2) is 47.1 Å². The Labute approximate surface area is 214 Å². The zero-order chi connectivity index (χ0) is 27.1. The predicted molar refractivity (Wildman–Crippen MR) is 128 cm³/mol. The molecule has 10 nitrogen and oxygen atoms in total. The van der Waals surface area contributed by atoms with E-state index in [1.165, 1.54) is 19.1 Å². The van der Waals surface area contributed by atoms with Crippen LogP contribution in [0.1, 0.15) is 34.1 Å². The van der Waals surface area contributed by atoms with E-state index >= 15 is 0 Å². The lowest BCUT2D eigenvalue weighted by Gasteiger charge is -2.31. The third-order valence-electron chi connectivity index (χ3n) is 7.69. The molecule has 37 heavy (non-hydrogen) atoms. The summed E-state index contributed by atoms with van der Waals surface area (Å²) in [5.74, 6) is -3.70. The third-order valence-corrected chi connectivity index (χ3v) is 7.69. The maximum Gasteiger partial charge on any atom is 0.337 e. The van der Waals surface area contributed by atoms with Crippen LogP contribution in [0.5, 0.6) is 0 Å². The van der Waals surface area contributed by atoms with Crippen molar-refractivity contribution in [2.75, 3.05) is 19.8 Å². The predicted octanol–water partition coefficient (Wildman–Crippen LogP) is 1.72. The fourth-order valence-electron chi connectivity index (χ4n) is 5.79. The number of hydrogen-bond acceptors (Lipinski definition) is 10. The number of hydrogen-bond donors (Lipinski definition) is 1. The van der Waals surface area contributed by atoms with Gasteiger partial charge in [0.05, 0.1) is 30.3 Å². The van der Waals surface area contributed by atoms with Crippen molar-refractivity contribution in [2.45, 2.75) is 58.0 Å². The van der Waals surface area contributed by atoms with Crippen molar-refractivity contribution in [3.8, 4) is 0 Å². The van der Waals surface area contributed by atoms with Gasteiger partial charge in [0.25, 0.3) is 0 Å². The van der Waals surface area contributed by atoms with Crippen LogP contribution in [0.25, 0.3) is 0 Å². The molecule has 7 atom stereocenters. The van der Waals surface area contributed by atoms with Gasteiger partial charge in [0, 0.05) is 30.8 Å². The van der Waals surface area contributed by atoms with Gasteiger partial charge < -0.3 is 28.8 Å². The first-order valence-electron chi connectivity index (χ1n) is 12.3. The minimum Gasteiger partial charge on any atom is -0.458 e. The van der Waals surface area contributed by atoms with Gasteiger partial charge in [0.2, 0.25) is 0 Å². The monoisotopic (exact) mass is 516 g/mol. The summed E-state index contributed by atoms with van der Waals surface area (Å²) in [6, 6.07) is 0. The number of aliphatic hydroxyl groups excluding tert-OH is 1. The highest BCUT2D eigenvalue weighted by Gasteiger charge is 2.68. The SMILES string of the molecule is C=C1C(=O)O[C@@H]2[C@H]3C(C)=C[C@H](OC(C)=O)[C@H]3[C@@]3(CO3)C[C@@H](OC(=O)/C(=C/C)COC(=O)/C(=C/C)CO)[C@@H]12. The molecule has 200 valence electrons. The number of rotatable bonds is 7. The highest BCUT2D eigenvalue weighted by atomic mass is 16.6. The fraction of sp³-hybridized carbons (Fsp3) is 0.556. The van der Waals surface area contributed by atoms with Gasteiger partial charge in [-0.15, -0.1) is 0 Å². The normalized spacial score (nSPS) is 34.7. The number of epoxide rings is 1. The minimum absolute atomic E-state index is 0.0680. The molecule has 1 N–H and O–H groups in total. The number of esters is 4. The second kappa shape index (κ2) is 10.3. The molecule has 0 unspecified atom stereocenters. The van der Waals surface area contributed by atoms with Gasteiger partial charge >= 0.3 is 23.9 Å². The van der Waals surface area contributed by atoms with E-state index in [2.05, 4.69) is 6.58 Å². The van der Waals surface area contributed by atoms with Crippen molar-refractivity contribution in [1.82, 2.24) is 0 Å². The van der Waals surface area contributed by atoms with Crippen molar-refractivity contribution >= 4 is 23.9 Å². The van der Waals surface area contributed by atoms with E-state index in [4.69, 9.17) is 23.7 Å². The van der Waals surface area contributed by atoms with Gasteiger partial charge in [0.1, 0.15) is 30.5 Å². The Morgan fingerprint density at radius 1 is 1.16 bits per heavy atom. The van der Waals surface area contributed by atoms with E-state index in [-0.39, 0.29) is 41.6 Å². The van der Waals surface area contributed by atoms with E-state index in [1.54, 1.807) is 13.8 Å². The average molecular weight is 517 g/mol. The summed E-state index contributed by atoms with van der Waals surface area (Å²) in [5, 5.41) is 9.25. The molecule has 1 spiro atoms. The molecule has 0 aromatic heterocycles. The van der Waals surface area contributed by atoms with Gasteiger partial charge in [-0.25, -0.2) is 14.4 Å². The van der Waals surface area contributed by atoms with E-state index < -0.39 is 60.3 Å². The van der Waals surface area contributed by atoms with Crippen molar-refractivity contribution < 1.29 is 48.0 Å². The number of carbonyl (C=O) groups is 4. The maximum absolute atomic E-state index is 13.2. The first-order chi connectivity index (χ1) is 17.6. The number of fused-ring (bicyclic) bond motifs is 4. The average Bonchev–Trinajstić information content (AvgIpc) is 3.47. The van der Waals surface area contributed by atoms with Crippen LogP contribution in [-0.4, -0.2) is 72.7 Å². The third kappa shape index (κ3) is 4.87. The Morgan fingerprint density at radius 3 is 2.41 bits per heavy atom. The summed E-state index contributed by atoms with van der Waals surface area (Å²) in [5.41, 5.74) is 0.542. The molecule has 4 rings (SSSR count). The molecule has 2 aliphatic heterocycles. The molecule has 0 amide bonds. The molecule has 1 saturated carbocycles. The molecule has 0 radical (unpaired) electrons. The summed E-state index contributed by atoms with van der Waals surface area (Å²) in [4.78, 5) is 49.7. The van der Waals surface area contributed by atoms with Gasteiger partial charge in [-0.3, -0.25) is 4.79 Å². The van der Waals surface area contributed by atoms with Crippen molar-refractivity contribution in [2.24, 2.45) is 17.8 Å². The number of aliphatic hydroxyl groups is 1. The van der Waals surface area contributed by atoms with Gasteiger partial charge in [-0.2, -0.15) is 0 Å². The molecule has 0 aromatic rings. The Bertz CT molecular complexity index is 1110. The van der Waals surface area contributed by atoms with Gasteiger partial charge in [0.15, 0.2) is 0 Å². The number of allylic oxidation sites excluding steroid dienone is 2. The van der Waals surface area contributed by atoms with Crippen LogP contribution >= 0.6 is 0 Å². The smallest absolute Gasteiger partial charge is 0.337 e. The maximum atomic E-state index is 13.2. The molecule has 0 bridgehead atoms. The largest absolute Gasteiger partial charge is 0.458 e. The summed E-state index contributed by atoms with van der Waals surface area (Å²) in [6.07, 6.45) is 2.98. The lowest BCUT2D eigenvalue weighted by atomic mass is 9.77. The fourth-order valence-corrected chi connectivity index (χ4v) is 5.79. The Kier molecular flexibility index (Phi) is 7.43. The van der Waals surface area contributed by atoms with E-state index in [0.29, 0.717) is 6.61 Å². The van der Waals surface area contributed by atoms with Crippen molar-refractivity contribution in [1.29, 1.82) is 0 Å². The first-order valence-corrected chi connectivity index (χ1v) is 12.3. The highest BCUT2D eigenvalue weighted by molar-refractivity contribution is 5.93. The summed E-state index contributed by atoms with van der Waals surface area (Å²) < 4.78 is 28.4. The molecule has 2 heterocycles. The van der Waals surface area contributed by atoms with E-state index in [1.807, 2.05) is 13.0 Å². The standard InChI is InChI=1S/C27H32O10/c1-6-16(10-28)25(31)33-11-17(7-2)26(32)36-19-9-27(12-34-27)22-18(35-15(5)29)8-13(3)20(22)23-21(19)14(4)24(30)37-23/h6-8,18-23,28H,4,9-12H2,1-3,5H3/b16-6+,17-7+/t18-,19+,20-,21+,22+,23+,27-/m0/s1. The minimum atomic E-state index is -0.815. The van der Waals surface area contributed by atoms with Crippen LogP contribution in [0.2, 0.25) is 0 Å². The molecule has 10 heteroatoms. The highest BCUT2D eigenvalue weighted by Crippen LogP contribution is 2.58. The van der Waals surface area contributed by atoms with Crippen LogP contribution in [-0.2, 0) is 42.9 Å². The van der Waals surface area contributed by atoms with Crippen LogP contribution in [0.4, 0.5) is 0 Å². The lowest BCUT2D eigenvalue weighted by molar-refractivity contribution is -0.151. The molecule has 3 fully saturated rings. The topological polar surface area (TPSA) is 138 Å². The molecule has 0 aromatic carbocycles. The Morgan fingerprint density at radius 2 is 1.84 bits per heavy atom. The van der Waals surface area contributed by atoms with Crippen LogP contribution in [0, 0.1) is 17.8 Å². The zero-order valence-corrected chi connectivity index (χ0v) is 21.4. The quantitative estimate of drug-likeness (QED) is 0.175. The Balaban J connectivity index is 1.59. The molecule has 4 aliphatic rings. The van der Waals surface area contributed by atoms with Crippen molar-refractivity contribution in [3.05, 3.63) is 47.1 Å². The summed E-state index contributed by atoms with van der Waals surface area (Å²) >= 11 is 0. The second-order valence-electron chi connectivity index (χ2n) is 9.82. The van der Waals surface area contributed by atoms with Gasteiger partial charge in [-0.05, 0) is 26.8 Å². The Hall–Kier alpha value is -3.24. The van der Waals surface area contributed by atoms with E-state index in [9.17, 15) is 24.3 Å². The van der Waals surface area contributed by atoms with Gasteiger partial charge in [-0.1, -0.05) is 24.3 Å². The summed E-state index contributed by atoms with van der Waals surface area (Å²) in [6.45, 7) is 9.90. The molecule has 2 aliphatic carbocycles. The number of carbonyl (C=O) groups excluding carboxylic acids is 4. The van der Waals surface area contributed by atoms with Crippen LogP contribution in [0.3, 0.4) is 0 Å².